The predicted molar refractivity (Wildman–Crippen MR) is 61.3 cm³/mol. The molecule has 0 heterocycles. The highest BCUT2D eigenvalue weighted by Crippen LogP contribution is 2.27. The van der Waals surface area contributed by atoms with E-state index >= 15 is 0 Å². The van der Waals surface area contributed by atoms with Crippen LogP contribution in [-0.4, -0.2) is 24.9 Å². The molecule has 0 amide bonds. The number of benzene rings is 1. The highest BCUT2D eigenvalue weighted by Gasteiger charge is 2.27. The van der Waals surface area contributed by atoms with E-state index in [0.717, 1.165) is 5.56 Å². The van der Waals surface area contributed by atoms with E-state index in [2.05, 4.69) is 19.6 Å². The van der Waals surface area contributed by atoms with Crippen molar-refractivity contribution in [1.82, 2.24) is 0 Å². The Bertz CT molecular complexity index is 287. The molecule has 0 aromatic heterocycles. The third-order valence-corrected chi connectivity index (χ3v) is 5.13. The van der Waals surface area contributed by atoms with Crippen molar-refractivity contribution in [2.45, 2.75) is 25.2 Å². The van der Waals surface area contributed by atoms with Gasteiger partial charge in [0.05, 0.1) is 8.07 Å². The van der Waals surface area contributed by atoms with Crippen molar-refractivity contribution in [3.8, 4) is 5.75 Å². The first-order valence-electron chi connectivity index (χ1n) is 4.85. The molecule has 0 saturated heterocycles. The van der Waals surface area contributed by atoms with E-state index in [1.165, 1.54) is 0 Å². The van der Waals surface area contributed by atoms with Crippen molar-refractivity contribution < 1.29 is 10.2 Å². The molecule has 0 radical (unpaired) electrons. The standard InChI is InChI=1S/C11H18O2Si/c1-14(2,3)11(8-12)9-4-6-10(13)7-5-9/h4-7,11-13H,8H2,1-3H3/t11-/m1/s1. The Kier molecular flexibility index (Phi) is 3.34. The summed E-state index contributed by atoms with van der Waals surface area (Å²) in [4.78, 5) is 0. The van der Waals surface area contributed by atoms with Crippen LogP contribution in [0.5, 0.6) is 5.75 Å². The Balaban J connectivity index is 2.96. The Hall–Kier alpha value is -0.803. The minimum Gasteiger partial charge on any atom is -0.508 e. The zero-order chi connectivity index (χ0) is 10.8. The molecule has 1 rings (SSSR count). The number of hydrogen-bond acceptors (Lipinski definition) is 2. The summed E-state index contributed by atoms with van der Waals surface area (Å²) in [5, 5.41) is 18.5. The van der Waals surface area contributed by atoms with Gasteiger partial charge in [-0.2, -0.15) is 0 Å². The third kappa shape index (κ3) is 2.59. The van der Waals surface area contributed by atoms with E-state index in [-0.39, 0.29) is 17.9 Å². The fraction of sp³-hybridized carbons (Fsp3) is 0.455. The second-order valence-electron chi connectivity index (χ2n) is 4.69. The van der Waals surface area contributed by atoms with Crippen LogP contribution >= 0.6 is 0 Å². The van der Waals surface area contributed by atoms with E-state index in [4.69, 9.17) is 5.11 Å². The maximum Gasteiger partial charge on any atom is 0.115 e. The van der Waals surface area contributed by atoms with Crippen molar-refractivity contribution >= 4 is 8.07 Å². The quantitative estimate of drug-likeness (QED) is 0.752. The monoisotopic (exact) mass is 210 g/mol. The van der Waals surface area contributed by atoms with Crippen LogP contribution in [0.2, 0.25) is 19.6 Å². The third-order valence-electron chi connectivity index (χ3n) is 2.52. The molecule has 2 nitrogen and oxygen atoms in total. The van der Waals surface area contributed by atoms with Crippen LogP contribution in [0, 0.1) is 0 Å². The number of aliphatic hydroxyl groups is 1. The molecule has 0 aliphatic rings. The van der Waals surface area contributed by atoms with Gasteiger partial charge in [-0.25, -0.2) is 0 Å². The fourth-order valence-electron chi connectivity index (χ4n) is 1.59. The van der Waals surface area contributed by atoms with Gasteiger partial charge in [0.1, 0.15) is 5.75 Å². The van der Waals surface area contributed by atoms with Gasteiger partial charge in [-0.1, -0.05) is 31.8 Å². The zero-order valence-corrected chi connectivity index (χ0v) is 9.99. The Morgan fingerprint density at radius 1 is 1.14 bits per heavy atom. The second kappa shape index (κ2) is 4.15. The van der Waals surface area contributed by atoms with Crippen molar-refractivity contribution in [3.63, 3.8) is 0 Å². The van der Waals surface area contributed by atoms with Crippen molar-refractivity contribution in [2.24, 2.45) is 0 Å². The molecule has 1 aromatic carbocycles. The Labute approximate surface area is 86.2 Å². The average molecular weight is 210 g/mol. The molecule has 78 valence electrons. The van der Waals surface area contributed by atoms with Crippen molar-refractivity contribution in [2.75, 3.05) is 6.61 Å². The average Bonchev–Trinajstić information content (AvgIpc) is 2.07. The summed E-state index contributed by atoms with van der Waals surface area (Å²) in [6.07, 6.45) is 0. The summed E-state index contributed by atoms with van der Waals surface area (Å²) in [6, 6.07) is 7.15. The van der Waals surface area contributed by atoms with Crippen LogP contribution in [0.25, 0.3) is 0 Å². The van der Waals surface area contributed by atoms with Crippen LogP contribution in [0.1, 0.15) is 11.1 Å². The van der Waals surface area contributed by atoms with Gasteiger partial charge in [0.15, 0.2) is 0 Å². The normalized spacial score (nSPS) is 14.0. The van der Waals surface area contributed by atoms with Crippen LogP contribution in [0.15, 0.2) is 24.3 Å². The number of rotatable bonds is 3. The summed E-state index contributed by atoms with van der Waals surface area (Å²) in [5.41, 5.74) is 1.38. The number of aliphatic hydroxyl groups excluding tert-OH is 1. The summed E-state index contributed by atoms with van der Waals surface area (Å²) in [7, 11) is -1.38. The van der Waals surface area contributed by atoms with Gasteiger partial charge in [0.2, 0.25) is 0 Å². The highest BCUT2D eigenvalue weighted by molar-refractivity contribution is 6.77. The minimum absolute atomic E-state index is 0.195. The van der Waals surface area contributed by atoms with E-state index in [1.807, 2.05) is 12.1 Å². The van der Waals surface area contributed by atoms with Gasteiger partial charge in [-0.05, 0) is 17.7 Å². The maximum atomic E-state index is 9.36. The van der Waals surface area contributed by atoms with Gasteiger partial charge in [-0.3, -0.25) is 0 Å². The SMILES string of the molecule is C[Si](C)(C)[C@H](CO)c1ccc(O)cc1. The largest absolute Gasteiger partial charge is 0.508 e. The Morgan fingerprint density at radius 2 is 1.64 bits per heavy atom. The summed E-state index contributed by atoms with van der Waals surface area (Å²) < 4.78 is 0. The molecule has 0 fully saturated rings. The molecule has 1 aromatic rings. The number of aromatic hydroxyl groups is 1. The van der Waals surface area contributed by atoms with Gasteiger partial charge in [-0.15, -0.1) is 0 Å². The molecule has 0 spiro atoms. The zero-order valence-electron chi connectivity index (χ0n) is 8.99. The van der Waals surface area contributed by atoms with Gasteiger partial charge >= 0.3 is 0 Å². The minimum atomic E-state index is -1.38. The first-order chi connectivity index (χ1) is 6.45. The Morgan fingerprint density at radius 3 is 2.00 bits per heavy atom. The predicted octanol–water partition coefficient (Wildman–Crippen LogP) is 2.35. The number of hydrogen-bond donors (Lipinski definition) is 2. The first-order valence-corrected chi connectivity index (χ1v) is 8.42. The van der Waals surface area contributed by atoms with Crippen molar-refractivity contribution in [1.29, 1.82) is 0 Å². The van der Waals surface area contributed by atoms with E-state index < -0.39 is 8.07 Å². The molecule has 0 saturated carbocycles. The molecule has 0 aliphatic carbocycles. The summed E-state index contributed by atoms with van der Waals surface area (Å²) >= 11 is 0. The molecule has 0 unspecified atom stereocenters. The molecule has 3 heteroatoms. The van der Waals surface area contributed by atoms with E-state index in [1.54, 1.807) is 12.1 Å². The van der Waals surface area contributed by atoms with E-state index in [9.17, 15) is 5.11 Å². The first kappa shape index (κ1) is 11.3. The second-order valence-corrected chi connectivity index (χ2v) is 10.1. The molecule has 0 bridgehead atoms. The smallest absolute Gasteiger partial charge is 0.115 e. The molecular weight excluding hydrogens is 192 g/mol. The lowest BCUT2D eigenvalue weighted by Gasteiger charge is -2.27. The number of phenolic OH excluding ortho intramolecular Hbond substituents is 1. The maximum absolute atomic E-state index is 9.36. The lowest BCUT2D eigenvalue weighted by atomic mass is 10.1. The summed E-state index contributed by atoms with van der Waals surface area (Å²) in [5.74, 6) is 0.279. The molecule has 14 heavy (non-hydrogen) atoms. The van der Waals surface area contributed by atoms with Gasteiger partial charge < -0.3 is 10.2 Å². The van der Waals surface area contributed by atoms with Crippen LogP contribution < -0.4 is 0 Å². The highest BCUT2D eigenvalue weighted by atomic mass is 28.3. The van der Waals surface area contributed by atoms with Crippen LogP contribution in [0.4, 0.5) is 0 Å². The fourth-order valence-corrected chi connectivity index (χ4v) is 3.33. The van der Waals surface area contributed by atoms with Gasteiger partial charge in [0.25, 0.3) is 0 Å². The molecule has 2 N–H and O–H groups in total. The van der Waals surface area contributed by atoms with Crippen LogP contribution in [-0.2, 0) is 0 Å². The topological polar surface area (TPSA) is 40.5 Å². The van der Waals surface area contributed by atoms with E-state index in [0.29, 0.717) is 0 Å². The van der Waals surface area contributed by atoms with Crippen LogP contribution in [0.3, 0.4) is 0 Å². The lowest BCUT2D eigenvalue weighted by molar-refractivity contribution is 0.290. The van der Waals surface area contributed by atoms with Crippen molar-refractivity contribution in [3.05, 3.63) is 29.8 Å². The molecular formula is C11H18O2Si. The summed E-state index contributed by atoms with van der Waals surface area (Å²) in [6.45, 7) is 6.91. The molecule has 1 atom stereocenters. The number of phenols is 1. The van der Waals surface area contributed by atoms with Gasteiger partial charge in [0, 0.05) is 12.1 Å². The lowest BCUT2D eigenvalue weighted by Crippen LogP contribution is -2.33. The molecule has 0 aliphatic heterocycles.